The highest BCUT2D eigenvalue weighted by Gasteiger charge is 2.38. The first-order valence-electron chi connectivity index (χ1n) is 12.5. The minimum Gasteiger partial charge on any atom is -0.375 e. The summed E-state index contributed by atoms with van der Waals surface area (Å²) in [4.78, 5) is 40.9. The van der Waals surface area contributed by atoms with Crippen molar-refractivity contribution in [1.29, 1.82) is 10.7 Å². The normalized spacial score (nSPS) is 16.5. The van der Waals surface area contributed by atoms with Crippen LogP contribution in [0.15, 0.2) is 41.3 Å². The molecule has 0 bridgehead atoms. The van der Waals surface area contributed by atoms with E-state index in [1.807, 2.05) is 39.0 Å². The third kappa shape index (κ3) is 6.29. The van der Waals surface area contributed by atoms with Gasteiger partial charge in [-0.25, -0.2) is 15.0 Å². The van der Waals surface area contributed by atoms with Crippen molar-refractivity contribution in [2.75, 3.05) is 23.7 Å². The number of aryl methyl sites for hydroxylation is 3. The summed E-state index contributed by atoms with van der Waals surface area (Å²) in [6.45, 7) is 7.87. The number of hydrogen-bond donors (Lipinski definition) is 3. The highest BCUT2D eigenvalue weighted by Crippen LogP contribution is 2.30. The number of benzene rings is 1. The van der Waals surface area contributed by atoms with Gasteiger partial charge in [-0.3, -0.25) is 15.0 Å². The zero-order chi connectivity index (χ0) is 28.3. The molecule has 2 atom stereocenters. The van der Waals surface area contributed by atoms with Gasteiger partial charge in [0.15, 0.2) is 0 Å². The number of likely N-dealkylation sites (tertiary alicyclic amines) is 1. The molecule has 11 heteroatoms. The largest absolute Gasteiger partial charge is 0.375 e. The molecule has 1 fully saturated rings. The van der Waals surface area contributed by atoms with Crippen LogP contribution in [0.4, 0.5) is 11.5 Å². The second kappa shape index (κ2) is 11.7. The van der Waals surface area contributed by atoms with Crippen LogP contribution in [-0.4, -0.2) is 56.5 Å². The molecule has 1 saturated heterocycles. The smallest absolute Gasteiger partial charge is 0.248 e. The number of nitrogens with one attached hydrogen (secondary N) is 3. The van der Waals surface area contributed by atoms with Crippen molar-refractivity contribution in [1.82, 2.24) is 19.9 Å². The van der Waals surface area contributed by atoms with Crippen LogP contribution < -0.4 is 10.6 Å². The van der Waals surface area contributed by atoms with Crippen LogP contribution in [0.1, 0.15) is 35.9 Å². The van der Waals surface area contributed by atoms with Crippen LogP contribution in [0.25, 0.3) is 11.1 Å². The summed E-state index contributed by atoms with van der Waals surface area (Å²) in [5.41, 5.74) is 3.77. The molecule has 3 N–H and O–H groups in total. The monoisotopic (exact) mass is 588 g/mol. The number of pyridine rings is 1. The van der Waals surface area contributed by atoms with Gasteiger partial charge in [-0.1, -0.05) is 13.0 Å². The Hall–Kier alpha value is -4.17. The third-order valence-corrected chi connectivity index (χ3v) is 7.13. The number of amides is 2. The molecule has 2 amide bonds. The van der Waals surface area contributed by atoms with E-state index in [9.17, 15) is 14.9 Å². The Kier molecular flexibility index (Phi) is 8.35. The molecule has 1 aliphatic heterocycles. The zero-order valence-electron chi connectivity index (χ0n) is 22.2. The van der Waals surface area contributed by atoms with Crippen molar-refractivity contribution < 1.29 is 9.59 Å². The van der Waals surface area contributed by atoms with Gasteiger partial charge in [0.1, 0.15) is 34.1 Å². The lowest BCUT2D eigenvalue weighted by atomic mass is 9.97. The molecule has 200 valence electrons. The average Bonchev–Trinajstić information content (AvgIpc) is 3.31. The predicted molar refractivity (Wildman–Crippen MR) is 152 cm³/mol. The van der Waals surface area contributed by atoms with Crippen LogP contribution in [0, 0.1) is 43.4 Å². The van der Waals surface area contributed by atoms with E-state index < -0.39 is 6.04 Å². The number of carbonyl (C=O) groups excluding carboxylic acids is 2. The molecule has 3 aromatic rings. The average molecular weight is 589 g/mol. The first-order valence-corrected chi connectivity index (χ1v) is 13.3. The molecular weight excluding hydrogens is 560 g/mol. The Bertz CT molecular complexity index is 1480. The van der Waals surface area contributed by atoms with Gasteiger partial charge in [0, 0.05) is 35.8 Å². The molecule has 3 heterocycles. The Morgan fingerprint density at radius 2 is 1.87 bits per heavy atom. The number of nitrogens with zero attached hydrogens (tertiary/aromatic N) is 5. The summed E-state index contributed by atoms with van der Waals surface area (Å²) in [6, 6.07) is 8.54. The number of halogens is 1. The summed E-state index contributed by atoms with van der Waals surface area (Å²) in [5.74, 6) is 0.719. The van der Waals surface area contributed by atoms with E-state index in [0.29, 0.717) is 40.5 Å². The summed E-state index contributed by atoms with van der Waals surface area (Å²) in [6.07, 6.45) is 3.93. The van der Waals surface area contributed by atoms with Crippen molar-refractivity contribution in [2.45, 2.75) is 40.2 Å². The van der Waals surface area contributed by atoms with Crippen molar-refractivity contribution >= 4 is 45.0 Å². The van der Waals surface area contributed by atoms with E-state index in [4.69, 9.17) is 5.41 Å². The summed E-state index contributed by atoms with van der Waals surface area (Å²) in [7, 11) is 0. The van der Waals surface area contributed by atoms with Gasteiger partial charge >= 0.3 is 0 Å². The maximum atomic E-state index is 13.4. The lowest BCUT2D eigenvalue weighted by molar-refractivity contribution is -0.135. The molecule has 39 heavy (non-hydrogen) atoms. The van der Waals surface area contributed by atoms with Crippen molar-refractivity contribution in [2.24, 2.45) is 5.92 Å². The lowest BCUT2D eigenvalue weighted by Crippen LogP contribution is -2.45. The van der Waals surface area contributed by atoms with E-state index in [1.54, 1.807) is 36.4 Å². The van der Waals surface area contributed by atoms with E-state index >= 15 is 0 Å². The van der Waals surface area contributed by atoms with Gasteiger partial charge < -0.3 is 15.5 Å². The third-order valence-electron chi connectivity index (χ3n) is 6.69. The maximum Gasteiger partial charge on any atom is 0.248 e. The second-order valence-electron chi connectivity index (χ2n) is 9.77. The fourth-order valence-electron chi connectivity index (χ4n) is 4.65. The molecule has 2 aromatic heterocycles. The molecule has 10 nitrogen and oxygen atoms in total. The van der Waals surface area contributed by atoms with Gasteiger partial charge in [-0.05, 0) is 83.9 Å². The minimum absolute atomic E-state index is 0.0931. The maximum absolute atomic E-state index is 13.4. The Balaban J connectivity index is 1.53. The fourth-order valence-corrected chi connectivity index (χ4v) is 4.96. The molecule has 1 aliphatic rings. The number of anilines is 2. The Morgan fingerprint density at radius 3 is 2.56 bits per heavy atom. The van der Waals surface area contributed by atoms with E-state index in [-0.39, 0.29) is 30.0 Å². The highest BCUT2D eigenvalue weighted by molar-refractivity contribution is 9.10. The van der Waals surface area contributed by atoms with Gasteiger partial charge in [0.2, 0.25) is 11.8 Å². The van der Waals surface area contributed by atoms with Crippen LogP contribution >= 0.6 is 15.9 Å². The first kappa shape index (κ1) is 27.9. The highest BCUT2D eigenvalue weighted by atomic mass is 79.9. The summed E-state index contributed by atoms with van der Waals surface area (Å²) in [5, 5.41) is 23.7. The van der Waals surface area contributed by atoms with Crippen LogP contribution in [0.5, 0.6) is 0 Å². The summed E-state index contributed by atoms with van der Waals surface area (Å²) < 4.78 is 0.607. The zero-order valence-corrected chi connectivity index (χ0v) is 23.8. The molecule has 0 radical (unpaired) electrons. The van der Waals surface area contributed by atoms with E-state index in [2.05, 4.69) is 41.5 Å². The molecule has 0 aliphatic carbocycles. The topological polar surface area (TPSA) is 148 Å². The van der Waals surface area contributed by atoms with Crippen molar-refractivity contribution in [3.8, 4) is 17.2 Å². The second-order valence-corrected chi connectivity index (χ2v) is 10.6. The number of nitriles is 1. The van der Waals surface area contributed by atoms with Gasteiger partial charge in [0.05, 0.1) is 6.54 Å². The van der Waals surface area contributed by atoms with Crippen molar-refractivity contribution in [3.05, 3.63) is 63.8 Å². The number of hydrogen-bond acceptors (Lipinski definition) is 8. The lowest BCUT2D eigenvalue weighted by Gasteiger charge is -2.25. The standard InChI is InChI=1S/C28H29BrN8O2/c1-15-7-23(28(39)36-27-16(2)5-6-24(29)35-27)37(14-15)25(38)13-34-26-17(3)8-19(9-21(26)22(31)10-30)20-11-32-18(4)33-12-20/h5-6,8-9,11-12,15,23,31,34H,7,13-14H2,1-4H3,(H,35,36,39). The van der Waals surface area contributed by atoms with Crippen LogP contribution in [0.2, 0.25) is 0 Å². The predicted octanol–water partition coefficient (Wildman–Crippen LogP) is 4.41. The number of rotatable bonds is 7. The fraction of sp³-hybridized carbons (Fsp3) is 0.321. The summed E-state index contributed by atoms with van der Waals surface area (Å²) >= 11 is 3.33. The van der Waals surface area contributed by atoms with Gasteiger partial charge in [-0.15, -0.1) is 0 Å². The molecule has 4 rings (SSSR count). The Labute approximate surface area is 235 Å². The molecule has 1 aromatic carbocycles. The quantitative estimate of drug-likeness (QED) is 0.273. The first-order chi connectivity index (χ1) is 18.6. The molecule has 2 unspecified atom stereocenters. The van der Waals surface area contributed by atoms with Gasteiger partial charge in [-0.2, -0.15) is 5.26 Å². The SMILES string of the molecule is Cc1ncc(-c2cc(C)c(NCC(=O)N3CC(C)CC3C(=O)Nc3nc(Br)ccc3C)c(C(=N)C#N)c2)cn1. The molecule has 0 saturated carbocycles. The minimum atomic E-state index is -0.628. The number of carbonyl (C=O) groups is 2. The van der Waals surface area contributed by atoms with E-state index in [1.165, 1.54) is 0 Å². The number of aromatic nitrogens is 3. The van der Waals surface area contributed by atoms with Crippen LogP contribution in [-0.2, 0) is 9.59 Å². The van der Waals surface area contributed by atoms with Crippen LogP contribution in [0.3, 0.4) is 0 Å². The Morgan fingerprint density at radius 1 is 1.15 bits per heavy atom. The van der Waals surface area contributed by atoms with E-state index in [0.717, 1.165) is 22.3 Å². The molecule has 0 spiro atoms. The molecular formula is C28H29BrN8O2. The van der Waals surface area contributed by atoms with Gasteiger partial charge in [0.25, 0.3) is 0 Å². The van der Waals surface area contributed by atoms with Crippen molar-refractivity contribution in [3.63, 3.8) is 0 Å².